The summed E-state index contributed by atoms with van der Waals surface area (Å²) in [5, 5.41) is 5.66. The number of nitrogens with one attached hydrogen (secondary N) is 2. The maximum atomic E-state index is 12.2. The molecule has 0 saturated heterocycles. The Hall–Kier alpha value is -2.02. The minimum absolute atomic E-state index is 0.291. The highest BCUT2D eigenvalue weighted by Crippen LogP contribution is 2.26. The first-order valence-electron chi connectivity index (χ1n) is 7.14. The van der Waals surface area contributed by atoms with E-state index in [2.05, 4.69) is 10.0 Å². The van der Waals surface area contributed by atoms with Gasteiger partial charge in [-0.1, -0.05) is 23.7 Å². The molecule has 3 rings (SSSR count). The zero-order chi connectivity index (χ0) is 17.2. The minimum atomic E-state index is -3.52. The SMILES string of the molecule is Cc1ccc(Cl)cc1Nc1ccc(NS(=O)(=O)c2cccs2)cc1. The number of rotatable bonds is 5. The van der Waals surface area contributed by atoms with Gasteiger partial charge in [-0.15, -0.1) is 11.3 Å². The van der Waals surface area contributed by atoms with Crippen molar-refractivity contribution in [2.24, 2.45) is 0 Å². The summed E-state index contributed by atoms with van der Waals surface area (Å²) in [6.45, 7) is 1.99. The summed E-state index contributed by atoms with van der Waals surface area (Å²) in [6.07, 6.45) is 0. The van der Waals surface area contributed by atoms with Crippen LogP contribution in [-0.2, 0) is 10.0 Å². The molecule has 1 heterocycles. The number of sulfonamides is 1. The number of aryl methyl sites for hydroxylation is 1. The molecular formula is C17H15ClN2O2S2. The summed E-state index contributed by atoms with van der Waals surface area (Å²) < 4.78 is 27.2. The average molecular weight is 379 g/mol. The first kappa shape index (κ1) is 16.8. The van der Waals surface area contributed by atoms with Crippen molar-refractivity contribution in [1.82, 2.24) is 0 Å². The van der Waals surface area contributed by atoms with E-state index in [1.807, 2.05) is 37.3 Å². The van der Waals surface area contributed by atoms with Crippen LogP contribution >= 0.6 is 22.9 Å². The zero-order valence-corrected chi connectivity index (χ0v) is 15.2. The van der Waals surface area contributed by atoms with Crippen LogP contribution in [0.5, 0.6) is 0 Å². The molecule has 0 spiro atoms. The van der Waals surface area contributed by atoms with E-state index in [1.165, 1.54) is 11.3 Å². The number of anilines is 3. The number of halogens is 1. The van der Waals surface area contributed by atoms with Gasteiger partial charge in [0, 0.05) is 22.1 Å². The van der Waals surface area contributed by atoms with Gasteiger partial charge < -0.3 is 5.32 Å². The van der Waals surface area contributed by atoms with Crippen LogP contribution in [0.15, 0.2) is 64.2 Å². The molecule has 0 aliphatic heterocycles. The van der Waals surface area contributed by atoms with Gasteiger partial charge in [-0.3, -0.25) is 4.72 Å². The van der Waals surface area contributed by atoms with E-state index < -0.39 is 10.0 Å². The van der Waals surface area contributed by atoms with Crippen molar-refractivity contribution in [3.63, 3.8) is 0 Å². The Kier molecular flexibility index (Phi) is 4.80. The van der Waals surface area contributed by atoms with E-state index >= 15 is 0 Å². The third-order valence-corrected chi connectivity index (χ3v) is 6.39. The lowest BCUT2D eigenvalue weighted by molar-refractivity contribution is 0.603. The van der Waals surface area contributed by atoms with E-state index in [9.17, 15) is 8.42 Å². The topological polar surface area (TPSA) is 58.2 Å². The van der Waals surface area contributed by atoms with Crippen molar-refractivity contribution in [3.8, 4) is 0 Å². The van der Waals surface area contributed by atoms with E-state index in [0.717, 1.165) is 16.9 Å². The molecule has 0 amide bonds. The summed E-state index contributed by atoms with van der Waals surface area (Å²) in [4.78, 5) is 0. The van der Waals surface area contributed by atoms with Crippen molar-refractivity contribution in [2.75, 3.05) is 10.0 Å². The van der Waals surface area contributed by atoms with Gasteiger partial charge in [0.05, 0.1) is 0 Å². The molecule has 24 heavy (non-hydrogen) atoms. The highest BCUT2D eigenvalue weighted by atomic mass is 35.5. The number of benzene rings is 2. The van der Waals surface area contributed by atoms with E-state index in [4.69, 9.17) is 11.6 Å². The lowest BCUT2D eigenvalue weighted by atomic mass is 10.2. The second kappa shape index (κ2) is 6.84. The van der Waals surface area contributed by atoms with Crippen LogP contribution < -0.4 is 10.0 Å². The highest BCUT2D eigenvalue weighted by molar-refractivity contribution is 7.94. The fraction of sp³-hybridized carbons (Fsp3) is 0.0588. The smallest absolute Gasteiger partial charge is 0.271 e. The van der Waals surface area contributed by atoms with Crippen molar-refractivity contribution in [1.29, 1.82) is 0 Å². The van der Waals surface area contributed by atoms with Crippen LogP contribution in [0, 0.1) is 6.92 Å². The van der Waals surface area contributed by atoms with Gasteiger partial charge in [0.1, 0.15) is 4.21 Å². The Labute approximate surface area is 150 Å². The third-order valence-electron chi connectivity index (χ3n) is 3.38. The quantitative estimate of drug-likeness (QED) is 0.637. The van der Waals surface area contributed by atoms with Gasteiger partial charge in [-0.25, -0.2) is 8.42 Å². The Morgan fingerprint density at radius 1 is 1.00 bits per heavy atom. The third kappa shape index (κ3) is 3.90. The molecule has 1 aromatic heterocycles. The second-order valence-electron chi connectivity index (χ2n) is 5.20. The molecular weight excluding hydrogens is 364 g/mol. The summed E-state index contributed by atoms with van der Waals surface area (Å²) >= 11 is 7.20. The molecule has 2 aromatic carbocycles. The van der Waals surface area contributed by atoms with Crippen molar-refractivity contribution >= 4 is 50.0 Å². The number of thiophene rings is 1. The van der Waals surface area contributed by atoms with Gasteiger partial charge in [0.25, 0.3) is 10.0 Å². The van der Waals surface area contributed by atoms with Crippen LogP contribution in [0.4, 0.5) is 17.1 Å². The largest absolute Gasteiger partial charge is 0.355 e. The van der Waals surface area contributed by atoms with Crippen LogP contribution in [-0.4, -0.2) is 8.42 Å². The van der Waals surface area contributed by atoms with Gasteiger partial charge >= 0.3 is 0 Å². The first-order valence-corrected chi connectivity index (χ1v) is 9.88. The standard InChI is InChI=1S/C17H15ClN2O2S2/c1-12-4-5-13(18)11-16(12)19-14-6-8-15(9-7-14)20-24(21,22)17-3-2-10-23-17/h2-11,19-20H,1H3. The molecule has 0 unspecified atom stereocenters. The summed E-state index contributed by atoms with van der Waals surface area (Å²) in [5.74, 6) is 0. The molecule has 0 atom stereocenters. The average Bonchev–Trinajstić information content (AvgIpc) is 3.08. The van der Waals surface area contributed by atoms with E-state index in [1.54, 1.807) is 29.6 Å². The van der Waals surface area contributed by atoms with Gasteiger partial charge in [-0.05, 0) is 60.3 Å². The maximum Gasteiger partial charge on any atom is 0.271 e. The van der Waals surface area contributed by atoms with Gasteiger partial charge in [-0.2, -0.15) is 0 Å². The summed E-state index contributed by atoms with van der Waals surface area (Å²) in [5.41, 5.74) is 3.34. The predicted octanol–water partition coefficient (Wildman–Crippen LogP) is 5.25. The van der Waals surface area contributed by atoms with Crippen molar-refractivity contribution in [2.45, 2.75) is 11.1 Å². The molecule has 0 aliphatic carbocycles. The molecule has 0 aliphatic rings. The van der Waals surface area contributed by atoms with Crippen LogP contribution in [0.2, 0.25) is 5.02 Å². The second-order valence-corrected chi connectivity index (χ2v) is 8.49. The van der Waals surface area contributed by atoms with Crippen LogP contribution in [0.25, 0.3) is 0 Å². The molecule has 2 N–H and O–H groups in total. The Morgan fingerprint density at radius 3 is 2.38 bits per heavy atom. The summed E-state index contributed by atoms with van der Waals surface area (Å²) in [6, 6.07) is 16.0. The number of hydrogen-bond acceptors (Lipinski definition) is 4. The molecule has 7 heteroatoms. The first-order chi connectivity index (χ1) is 11.4. The van der Waals surface area contributed by atoms with Crippen LogP contribution in [0.3, 0.4) is 0 Å². The fourth-order valence-electron chi connectivity index (χ4n) is 2.13. The number of hydrogen-bond donors (Lipinski definition) is 2. The minimum Gasteiger partial charge on any atom is -0.355 e. The zero-order valence-electron chi connectivity index (χ0n) is 12.8. The van der Waals surface area contributed by atoms with Gasteiger partial charge in [0.2, 0.25) is 0 Å². The van der Waals surface area contributed by atoms with E-state index in [0.29, 0.717) is 14.9 Å². The van der Waals surface area contributed by atoms with Crippen LogP contribution in [0.1, 0.15) is 5.56 Å². The molecule has 0 saturated carbocycles. The fourth-order valence-corrected chi connectivity index (χ4v) is 4.35. The van der Waals surface area contributed by atoms with Crippen molar-refractivity contribution in [3.05, 3.63) is 70.6 Å². The molecule has 0 radical (unpaired) electrons. The molecule has 0 bridgehead atoms. The Bertz CT molecular complexity index is 937. The van der Waals surface area contributed by atoms with E-state index in [-0.39, 0.29) is 0 Å². The lowest BCUT2D eigenvalue weighted by Crippen LogP contribution is -2.11. The van der Waals surface area contributed by atoms with Gasteiger partial charge in [0.15, 0.2) is 0 Å². The lowest BCUT2D eigenvalue weighted by Gasteiger charge is -2.11. The normalized spacial score (nSPS) is 11.2. The Morgan fingerprint density at radius 2 is 1.71 bits per heavy atom. The van der Waals surface area contributed by atoms with Crippen molar-refractivity contribution < 1.29 is 8.42 Å². The molecule has 0 fully saturated rings. The summed E-state index contributed by atoms with van der Waals surface area (Å²) in [7, 11) is -3.52. The predicted molar refractivity (Wildman–Crippen MR) is 101 cm³/mol. The monoisotopic (exact) mass is 378 g/mol. The highest BCUT2D eigenvalue weighted by Gasteiger charge is 2.14. The molecule has 3 aromatic rings. The Balaban J connectivity index is 1.75. The molecule has 124 valence electrons. The maximum absolute atomic E-state index is 12.2. The molecule has 4 nitrogen and oxygen atoms in total.